The zero-order valence-corrected chi connectivity index (χ0v) is 13.0. The van der Waals surface area contributed by atoms with Crippen molar-refractivity contribution >= 4 is 11.5 Å². The first kappa shape index (κ1) is 13.7. The summed E-state index contributed by atoms with van der Waals surface area (Å²) in [5.41, 5.74) is 4.25. The van der Waals surface area contributed by atoms with Gasteiger partial charge in [0.2, 0.25) is 0 Å². The largest absolute Gasteiger partial charge is 0.365 e. The Bertz CT molecular complexity index is 764. The van der Waals surface area contributed by atoms with Gasteiger partial charge < -0.3 is 5.32 Å². The first-order chi connectivity index (χ1) is 9.96. The van der Waals surface area contributed by atoms with Crippen LogP contribution in [-0.4, -0.2) is 14.9 Å². The van der Waals surface area contributed by atoms with Crippen LogP contribution in [0.15, 0.2) is 48.5 Å². The fourth-order valence-corrected chi connectivity index (χ4v) is 2.52. The zero-order chi connectivity index (χ0) is 15.0. The van der Waals surface area contributed by atoms with Crippen LogP contribution in [0.2, 0.25) is 0 Å². The zero-order valence-electron chi connectivity index (χ0n) is 13.0. The van der Waals surface area contributed by atoms with Crippen LogP contribution in [0.5, 0.6) is 0 Å². The van der Waals surface area contributed by atoms with Gasteiger partial charge in [-0.15, -0.1) is 0 Å². The lowest BCUT2D eigenvalue weighted by Gasteiger charge is -2.23. The van der Waals surface area contributed by atoms with Gasteiger partial charge in [0, 0.05) is 16.8 Å². The van der Waals surface area contributed by atoms with Crippen LogP contribution in [0.25, 0.3) is 16.9 Å². The molecule has 21 heavy (non-hydrogen) atoms. The molecule has 0 fully saturated rings. The van der Waals surface area contributed by atoms with E-state index >= 15 is 0 Å². The van der Waals surface area contributed by atoms with Crippen molar-refractivity contribution in [1.82, 2.24) is 9.38 Å². The number of pyridine rings is 1. The summed E-state index contributed by atoms with van der Waals surface area (Å²) in [6, 6.07) is 16.5. The van der Waals surface area contributed by atoms with E-state index in [9.17, 15) is 0 Å². The molecule has 2 aromatic heterocycles. The molecule has 0 radical (unpaired) electrons. The number of aromatic nitrogens is 2. The summed E-state index contributed by atoms with van der Waals surface area (Å²) in [6.45, 7) is 8.61. The lowest BCUT2D eigenvalue weighted by molar-refractivity contribution is 0.629. The topological polar surface area (TPSA) is 29.3 Å². The van der Waals surface area contributed by atoms with E-state index < -0.39 is 0 Å². The molecule has 1 aromatic carbocycles. The number of benzene rings is 1. The molecular weight excluding hydrogens is 258 g/mol. The van der Waals surface area contributed by atoms with E-state index in [4.69, 9.17) is 4.98 Å². The highest BCUT2D eigenvalue weighted by Gasteiger charge is 2.19. The Hall–Kier alpha value is -2.29. The summed E-state index contributed by atoms with van der Waals surface area (Å²) in [7, 11) is 0. The molecular formula is C18H21N3. The average molecular weight is 279 g/mol. The van der Waals surface area contributed by atoms with Crippen LogP contribution in [0.1, 0.15) is 26.5 Å². The smallest absolute Gasteiger partial charge is 0.139 e. The Labute approximate surface area is 125 Å². The van der Waals surface area contributed by atoms with Gasteiger partial charge in [-0.3, -0.25) is 4.40 Å². The van der Waals surface area contributed by atoms with Gasteiger partial charge in [0.05, 0.1) is 0 Å². The van der Waals surface area contributed by atoms with E-state index in [2.05, 4.69) is 55.6 Å². The summed E-state index contributed by atoms with van der Waals surface area (Å²) in [4.78, 5) is 4.83. The molecule has 0 aliphatic heterocycles. The Kier molecular flexibility index (Phi) is 3.20. The summed E-state index contributed by atoms with van der Waals surface area (Å²) in [5.74, 6) is 1.06. The number of hydrogen-bond acceptors (Lipinski definition) is 2. The van der Waals surface area contributed by atoms with E-state index in [1.807, 2.05) is 30.3 Å². The van der Waals surface area contributed by atoms with Gasteiger partial charge in [-0.25, -0.2) is 4.98 Å². The molecule has 0 amide bonds. The monoisotopic (exact) mass is 279 g/mol. The van der Waals surface area contributed by atoms with Crippen molar-refractivity contribution in [1.29, 1.82) is 0 Å². The Morgan fingerprint density at radius 3 is 2.33 bits per heavy atom. The summed E-state index contributed by atoms with van der Waals surface area (Å²) in [5, 5.41) is 3.61. The minimum absolute atomic E-state index is 0.0260. The van der Waals surface area contributed by atoms with Crippen molar-refractivity contribution in [2.45, 2.75) is 33.2 Å². The van der Waals surface area contributed by atoms with Crippen LogP contribution >= 0.6 is 0 Å². The molecule has 0 saturated heterocycles. The van der Waals surface area contributed by atoms with Gasteiger partial charge >= 0.3 is 0 Å². The number of hydrogen-bond donors (Lipinski definition) is 1. The maximum atomic E-state index is 4.83. The number of anilines is 1. The summed E-state index contributed by atoms with van der Waals surface area (Å²) < 4.78 is 2.19. The molecule has 0 saturated carbocycles. The molecule has 3 nitrogen and oxygen atoms in total. The molecule has 0 bridgehead atoms. The maximum absolute atomic E-state index is 4.83. The fraction of sp³-hybridized carbons (Fsp3) is 0.278. The van der Waals surface area contributed by atoms with E-state index in [0.29, 0.717) is 0 Å². The highest BCUT2D eigenvalue weighted by Crippen LogP contribution is 2.31. The molecule has 2 heterocycles. The SMILES string of the molecule is Cc1cccc2nc(-c3ccccc3)c(NC(C)(C)C)n12. The highest BCUT2D eigenvalue weighted by molar-refractivity contribution is 5.77. The summed E-state index contributed by atoms with van der Waals surface area (Å²) >= 11 is 0. The third-order valence-electron chi connectivity index (χ3n) is 3.38. The predicted octanol–water partition coefficient (Wildman–Crippen LogP) is 4.52. The van der Waals surface area contributed by atoms with Crippen LogP contribution < -0.4 is 5.32 Å². The molecule has 108 valence electrons. The number of fused-ring (bicyclic) bond motifs is 1. The molecule has 0 aliphatic rings. The van der Waals surface area contributed by atoms with E-state index in [0.717, 1.165) is 22.7 Å². The number of rotatable bonds is 2. The maximum Gasteiger partial charge on any atom is 0.139 e. The molecule has 0 atom stereocenters. The fourth-order valence-electron chi connectivity index (χ4n) is 2.52. The first-order valence-electron chi connectivity index (χ1n) is 7.27. The van der Waals surface area contributed by atoms with Crippen LogP contribution in [0.4, 0.5) is 5.82 Å². The second kappa shape index (κ2) is 4.92. The first-order valence-corrected chi connectivity index (χ1v) is 7.27. The van der Waals surface area contributed by atoms with Crippen molar-refractivity contribution in [3.63, 3.8) is 0 Å². The number of aryl methyl sites for hydroxylation is 1. The van der Waals surface area contributed by atoms with Crippen LogP contribution in [-0.2, 0) is 0 Å². The Balaban J connectivity index is 2.29. The summed E-state index contributed by atoms with van der Waals surface area (Å²) in [6.07, 6.45) is 0. The van der Waals surface area contributed by atoms with Gasteiger partial charge in [0.15, 0.2) is 0 Å². The van der Waals surface area contributed by atoms with Gasteiger partial charge in [0.25, 0.3) is 0 Å². The third-order valence-corrected chi connectivity index (χ3v) is 3.38. The van der Waals surface area contributed by atoms with Crippen molar-refractivity contribution < 1.29 is 0 Å². The van der Waals surface area contributed by atoms with Gasteiger partial charge in [-0.1, -0.05) is 36.4 Å². The number of nitrogens with zero attached hydrogens (tertiary/aromatic N) is 2. The average Bonchev–Trinajstić information content (AvgIpc) is 2.78. The molecule has 3 rings (SSSR count). The predicted molar refractivity (Wildman–Crippen MR) is 88.7 cm³/mol. The van der Waals surface area contributed by atoms with Crippen molar-refractivity contribution in [2.75, 3.05) is 5.32 Å². The minimum Gasteiger partial charge on any atom is -0.365 e. The van der Waals surface area contributed by atoms with Crippen LogP contribution in [0.3, 0.4) is 0 Å². The number of nitrogens with one attached hydrogen (secondary N) is 1. The third kappa shape index (κ3) is 2.64. The lowest BCUT2D eigenvalue weighted by Crippen LogP contribution is -2.27. The van der Waals surface area contributed by atoms with E-state index in [-0.39, 0.29) is 5.54 Å². The molecule has 3 heteroatoms. The second-order valence-electron chi connectivity index (χ2n) is 6.41. The Morgan fingerprint density at radius 1 is 0.952 bits per heavy atom. The van der Waals surface area contributed by atoms with Gasteiger partial charge in [-0.05, 0) is 39.8 Å². The highest BCUT2D eigenvalue weighted by atomic mass is 15.2. The van der Waals surface area contributed by atoms with Crippen molar-refractivity contribution in [3.05, 3.63) is 54.2 Å². The molecule has 0 unspecified atom stereocenters. The Morgan fingerprint density at radius 2 is 1.67 bits per heavy atom. The normalized spacial score (nSPS) is 11.8. The van der Waals surface area contributed by atoms with Crippen molar-refractivity contribution in [2.24, 2.45) is 0 Å². The van der Waals surface area contributed by atoms with Gasteiger partial charge in [-0.2, -0.15) is 0 Å². The molecule has 1 N–H and O–H groups in total. The second-order valence-corrected chi connectivity index (χ2v) is 6.41. The van der Waals surface area contributed by atoms with Crippen molar-refractivity contribution in [3.8, 4) is 11.3 Å². The molecule has 0 aliphatic carbocycles. The van der Waals surface area contributed by atoms with E-state index in [1.54, 1.807) is 0 Å². The quantitative estimate of drug-likeness (QED) is 0.747. The lowest BCUT2D eigenvalue weighted by atomic mass is 10.1. The standard InChI is InChI=1S/C18H21N3/c1-13-9-8-12-15-19-16(14-10-6-5-7-11-14)17(21(13)15)20-18(2,3)4/h5-12,20H,1-4H3. The molecule has 0 spiro atoms. The van der Waals surface area contributed by atoms with E-state index in [1.165, 1.54) is 5.69 Å². The van der Waals surface area contributed by atoms with Gasteiger partial charge in [0.1, 0.15) is 17.2 Å². The van der Waals surface area contributed by atoms with Crippen LogP contribution in [0, 0.1) is 6.92 Å². The minimum atomic E-state index is -0.0260. The number of imidazole rings is 1. The molecule has 3 aromatic rings.